The lowest BCUT2D eigenvalue weighted by Gasteiger charge is -2.01. The number of halogens is 1. The van der Waals surface area contributed by atoms with Gasteiger partial charge in [-0.15, -0.1) is 10.2 Å². The first-order chi connectivity index (χ1) is 11.2. The van der Waals surface area contributed by atoms with Crippen LogP contribution in [0.5, 0.6) is 0 Å². The molecule has 0 atom stereocenters. The van der Waals surface area contributed by atoms with Crippen molar-refractivity contribution < 1.29 is 9.18 Å². The Morgan fingerprint density at radius 3 is 2.52 bits per heavy atom. The Hall–Kier alpha value is -2.60. The minimum absolute atomic E-state index is 0.134. The van der Waals surface area contributed by atoms with Gasteiger partial charge in [0.1, 0.15) is 10.8 Å². The van der Waals surface area contributed by atoms with Gasteiger partial charge >= 0.3 is 0 Å². The zero-order chi connectivity index (χ0) is 16.1. The highest BCUT2D eigenvalue weighted by molar-refractivity contribution is 7.18. The second-order valence-corrected chi connectivity index (χ2v) is 5.93. The quantitative estimate of drug-likeness (QED) is 0.773. The van der Waals surface area contributed by atoms with E-state index in [1.165, 1.54) is 23.5 Å². The SMILES string of the molecule is O=C(CCc1ccc(F)cc1)Nc1nnc(-c2ccccc2)s1. The minimum Gasteiger partial charge on any atom is -0.301 e. The van der Waals surface area contributed by atoms with Crippen molar-refractivity contribution in [3.63, 3.8) is 0 Å². The molecule has 3 rings (SSSR count). The van der Waals surface area contributed by atoms with Crippen molar-refractivity contribution in [1.29, 1.82) is 0 Å². The van der Waals surface area contributed by atoms with Crippen molar-refractivity contribution >= 4 is 22.4 Å². The fraction of sp³-hybridized carbons (Fsp3) is 0.118. The van der Waals surface area contributed by atoms with Crippen molar-refractivity contribution in [3.8, 4) is 10.6 Å². The third kappa shape index (κ3) is 4.20. The van der Waals surface area contributed by atoms with Crippen LogP contribution in [-0.2, 0) is 11.2 Å². The summed E-state index contributed by atoms with van der Waals surface area (Å²) in [5, 5.41) is 12.1. The average Bonchev–Trinajstić information content (AvgIpc) is 3.04. The number of benzene rings is 2. The highest BCUT2D eigenvalue weighted by atomic mass is 32.1. The minimum atomic E-state index is -0.277. The van der Waals surface area contributed by atoms with E-state index in [1.807, 2.05) is 30.3 Å². The molecule has 0 radical (unpaired) electrons. The predicted octanol–water partition coefficient (Wildman–Crippen LogP) is 3.92. The lowest BCUT2D eigenvalue weighted by Crippen LogP contribution is -2.12. The number of hydrogen-bond acceptors (Lipinski definition) is 4. The summed E-state index contributed by atoms with van der Waals surface area (Å²) >= 11 is 1.33. The molecule has 23 heavy (non-hydrogen) atoms. The van der Waals surface area contributed by atoms with Crippen molar-refractivity contribution in [1.82, 2.24) is 10.2 Å². The normalized spacial score (nSPS) is 10.5. The summed E-state index contributed by atoms with van der Waals surface area (Å²) in [6, 6.07) is 15.8. The Labute approximate surface area is 137 Å². The van der Waals surface area contributed by atoms with E-state index < -0.39 is 0 Å². The monoisotopic (exact) mass is 327 g/mol. The van der Waals surface area contributed by atoms with Crippen molar-refractivity contribution in [3.05, 3.63) is 66.0 Å². The van der Waals surface area contributed by atoms with Gasteiger partial charge in [-0.3, -0.25) is 4.79 Å². The number of carbonyl (C=O) groups is 1. The fourth-order valence-electron chi connectivity index (χ4n) is 2.06. The van der Waals surface area contributed by atoms with Gasteiger partial charge in [0.15, 0.2) is 0 Å². The molecule has 116 valence electrons. The van der Waals surface area contributed by atoms with Crippen LogP contribution in [0.4, 0.5) is 9.52 Å². The number of aromatic nitrogens is 2. The summed E-state index contributed by atoms with van der Waals surface area (Å²) in [5.74, 6) is -0.411. The zero-order valence-electron chi connectivity index (χ0n) is 12.2. The Morgan fingerprint density at radius 2 is 1.78 bits per heavy atom. The number of hydrogen-bond donors (Lipinski definition) is 1. The summed E-state index contributed by atoms with van der Waals surface area (Å²) in [5.41, 5.74) is 1.89. The Balaban J connectivity index is 1.56. The third-order valence-corrected chi connectivity index (χ3v) is 4.13. The van der Waals surface area contributed by atoms with Crippen molar-refractivity contribution in [2.45, 2.75) is 12.8 Å². The van der Waals surface area contributed by atoms with E-state index in [-0.39, 0.29) is 11.7 Å². The molecule has 0 aliphatic carbocycles. The first kappa shape index (κ1) is 15.3. The Kier molecular flexibility index (Phi) is 4.73. The predicted molar refractivity (Wildman–Crippen MR) is 88.7 cm³/mol. The van der Waals surface area contributed by atoms with E-state index in [2.05, 4.69) is 15.5 Å². The molecule has 0 saturated heterocycles. The fourth-order valence-corrected chi connectivity index (χ4v) is 2.83. The van der Waals surface area contributed by atoms with Gasteiger partial charge in [0, 0.05) is 12.0 Å². The Morgan fingerprint density at radius 1 is 1.04 bits per heavy atom. The number of nitrogens with one attached hydrogen (secondary N) is 1. The number of aryl methyl sites for hydroxylation is 1. The summed E-state index contributed by atoms with van der Waals surface area (Å²) in [7, 11) is 0. The maximum absolute atomic E-state index is 12.8. The molecule has 0 aliphatic rings. The molecule has 0 spiro atoms. The summed E-state index contributed by atoms with van der Waals surface area (Å²) in [6.45, 7) is 0. The van der Waals surface area contributed by atoms with E-state index in [9.17, 15) is 9.18 Å². The van der Waals surface area contributed by atoms with Gasteiger partial charge in [-0.1, -0.05) is 53.8 Å². The van der Waals surface area contributed by atoms with E-state index in [0.717, 1.165) is 16.1 Å². The summed E-state index contributed by atoms with van der Waals surface area (Å²) in [4.78, 5) is 12.0. The van der Waals surface area contributed by atoms with E-state index in [1.54, 1.807) is 12.1 Å². The summed E-state index contributed by atoms with van der Waals surface area (Å²) < 4.78 is 12.8. The molecule has 4 nitrogen and oxygen atoms in total. The number of amides is 1. The smallest absolute Gasteiger partial charge is 0.226 e. The van der Waals surface area contributed by atoms with Crippen LogP contribution < -0.4 is 5.32 Å². The molecule has 0 aliphatic heterocycles. The molecule has 0 fully saturated rings. The first-order valence-electron chi connectivity index (χ1n) is 7.14. The van der Waals surface area contributed by atoms with E-state index >= 15 is 0 Å². The van der Waals surface area contributed by atoms with Crippen LogP contribution >= 0.6 is 11.3 Å². The molecule has 1 amide bonds. The maximum Gasteiger partial charge on any atom is 0.226 e. The topological polar surface area (TPSA) is 54.9 Å². The number of nitrogens with zero attached hydrogens (tertiary/aromatic N) is 2. The van der Waals surface area contributed by atoms with Crippen LogP contribution in [-0.4, -0.2) is 16.1 Å². The molecule has 1 heterocycles. The number of rotatable bonds is 5. The largest absolute Gasteiger partial charge is 0.301 e. The van der Waals surface area contributed by atoms with Gasteiger partial charge in [-0.2, -0.15) is 0 Å². The third-order valence-electron chi connectivity index (χ3n) is 3.25. The molecule has 1 N–H and O–H groups in total. The molecule has 0 saturated carbocycles. The van der Waals surface area contributed by atoms with E-state index in [0.29, 0.717) is 18.0 Å². The van der Waals surface area contributed by atoms with Gasteiger partial charge in [-0.25, -0.2) is 4.39 Å². The Bertz CT molecular complexity index is 787. The van der Waals surface area contributed by atoms with Crippen LogP contribution in [0.3, 0.4) is 0 Å². The molecule has 0 bridgehead atoms. The summed E-state index contributed by atoms with van der Waals surface area (Å²) in [6.07, 6.45) is 0.863. The van der Waals surface area contributed by atoms with Crippen LogP contribution in [0.1, 0.15) is 12.0 Å². The van der Waals surface area contributed by atoms with Gasteiger partial charge in [-0.05, 0) is 24.1 Å². The van der Waals surface area contributed by atoms with Gasteiger partial charge in [0.25, 0.3) is 0 Å². The van der Waals surface area contributed by atoms with Crippen molar-refractivity contribution in [2.75, 3.05) is 5.32 Å². The lowest BCUT2D eigenvalue weighted by molar-refractivity contribution is -0.116. The van der Waals surface area contributed by atoms with E-state index in [4.69, 9.17) is 0 Å². The van der Waals surface area contributed by atoms with Crippen molar-refractivity contribution in [2.24, 2.45) is 0 Å². The van der Waals surface area contributed by atoms with Gasteiger partial charge in [0.2, 0.25) is 11.0 Å². The lowest BCUT2D eigenvalue weighted by atomic mass is 10.1. The van der Waals surface area contributed by atoms with Crippen LogP contribution in [0.25, 0.3) is 10.6 Å². The molecular weight excluding hydrogens is 313 g/mol. The number of carbonyl (C=O) groups excluding carboxylic acids is 1. The van der Waals surface area contributed by atoms with Gasteiger partial charge < -0.3 is 5.32 Å². The molecule has 6 heteroatoms. The average molecular weight is 327 g/mol. The second kappa shape index (κ2) is 7.11. The van der Waals surface area contributed by atoms with Crippen LogP contribution in [0, 0.1) is 5.82 Å². The van der Waals surface area contributed by atoms with Gasteiger partial charge in [0.05, 0.1) is 0 Å². The van der Waals surface area contributed by atoms with Crippen LogP contribution in [0.2, 0.25) is 0 Å². The molecule has 0 unspecified atom stereocenters. The molecule has 1 aromatic heterocycles. The van der Waals surface area contributed by atoms with Crippen LogP contribution in [0.15, 0.2) is 54.6 Å². The maximum atomic E-state index is 12.8. The molecular formula is C17H14FN3OS. The molecule has 3 aromatic rings. The number of anilines is 1. The standard InChI is InChI=1S/C17H14FN3OS/c18-14-9-6-12(7-10-14)8-11-15(22)19-17-21-20-16(23-17)13-4-2-1-3-5-13/h1-7,9-10H,8,11H2,(H,19,21,22). The first-order valence-corrected chi connectivity index (χ1v) is 7.95. The molecule has 2 aromatic carbocycles. The second-order valence-electron chi connectivity index (χ2n) is 4.95. The zero-order valence-corrected chi connectivity index (χ0v) is 13.0. The highest BCUT2D eigenvalue weighted by Gasteiger charge is 2.09. The highest BCUT2D eigenvalue weighted by Crippen LogP contribution is 2.25.